The third kappa shape index (κ3) is 4.81. The van der Waals surface area contributed by atoms with Gasteiger partial charge in [0.05, 0.1) is 10.6 Å². The third-order valence-corrected chi connectivity index (χ3v) is 5.80. The van der Waals surface area contributed by atoms with Crippen molar-refractivity contribution >= 4 is 51.4 Å². The molecule has 0 saturated carbocycles. The number of hydrazone groups is 1. The summed E-state index contributed by atoms with van der Waals surface area (Å²) in [6, 6.07) is 14.5. The van der Waals surface area contributed by atoms with Crippen molar-refractivity contribution in [3.8, 4) is 11.5 Å². The molecule has 0 atom stereocenters. The fraction of sp³-hybridized carbons (Fsp3) is 0.182. The van der Waals surface area contributed by atoms with Crippen LogP contribution in [0.2, 0.25) is 5.02 Å². The number of carbonyl (C=O) groups excluding carboxylic acids is 1. The second kappa shape index (κ2) is 9.36. The van der Waals surface area contributed by atoms with Crippen molar-refractivity contribution in [2.45, 2.75) is 13.3 Å². The van der Waals surface area contributed by atoms with E-state index in [9.17, 15) is 4.79 Å². The molecule has 31 heavy (non-hydrogen) atoms. The molecule has 2 aromatic carbocycles. The minimum atomic E-state index is -0.437. The number of halogens is 1. The van der Waals surface area contributed by atoms with Gasteiger partial charge in [-0.1, -0.05) is 42.8 Å². The first-order valence-electron chi connectivity index (χ1n) is 9.64. The average molecular weight is 455 g/mol. The smallest absolute Gasteiger partial charge is 0.283 e. The lowest BCUT2D eigenvalue weighted by Crippen LogP contribution is -2.35. The molecule has 2 heterocycles. The Bertz CT molecular complexity index is 1110. The highest BCUT2D eigenvalue weighted by molar-refractivity contribution is 8.26. The molecular formula is C22H19ClN4O3S. The van der Waals surface area contributed by atoms with Crippen molar-refractivity contribution in [2.24, 2.45) is 10.1 Å². The summed E-state index contributed by atoms with van der Waals surface area (Å²) >= 11 is 7.38. The van der Waals surface area contributed by atoms with Crippen LogP contribution in [0.5, 0.6) is 11.5 Å². The predicted molar refractivity (Wildman–Crippen MR) is 124 cm³/mol. The Morgan fingerprint density at radius 1 is 1.13 bits per heavy atom. The van der Waals surface area contributed by atoms with Crippen LogP contribution in [-0.4, -0.2) is 40.2 Å². The Balaban J connectivity index is 1.36. The Morgan fingerprint density at radius 3 is 2.61 bits per heavy atom. The minimum Gasteiger partial charge on any atom is -0.490 e. The molecule has 0 spiro atoms. The lowest BCUT2D eigenvalue weighted by molar-refractivity contribution is -0.114. The number of nitrogens with one attached hydrogen (secondary N) is 1. The van der Waals surface area contributed by atoms with E-state index >= 15 is 0 Å². The summed E-state index contributed by atoms with van der Waals surface area (Å²) in [5.41, 5.74) is 0.963. The van der Waals surface area contributed by atoms with Gasteiger partial charge >= 0.3 is 0 Å². The van der Waals surface area contributed by atoms with Crippen LogP contribution in [0.4, 0.5) is 0 Å². The van der Waals surface area contributed by atoms with Crippen molar-refractivity contribution in [1.82, 2.24) is 5.01 Å². The summed E-state index contributed by atoms with van der Waals surface area (Å²) < 4.78 is 11.3. The van der Waals surface area contributed by atoms with Crippen molar-refractivity contribution < 1.29 is 14.3 Å². The van der Waals surface area contributed by atoms with Gasteiger partial charge in [0, 0.05) is 0 Å². The van der Waals surface area contributed by atoms with E-state index < -0.39 is 5.91 Å². The number of amides is 1. The first-order chi connectivity index (χ1) is 15.0. The highest BCUT2D eigenvalue weighted by Gasteiger charge is 2.34. The molecule has 2 aliphatic rings. The van der Waals surface area contributed by atoms with E-state index in [4.69, 9.17) is 26.5 Å². The van der Waals surface area contributed by atoms with E-state index in [0.717, 1.165) is 17.0 Å². The predicted octanol–water partition coefficient (Wildman–Crippen LogP) is 4.83. The first kappa shape index (κ1) is 21.1. The van der Waals surface area contributed by atoms with Crippen LogP contribution in [0.25, 0.3) is 6.08 Å². The topological polar surface area (TPSA) is 87.3 Å². The zero-order chi connectivity index (χ0) is 21.8. The largest absolute Gasteiger partial charge is 0.490 e. The van der Waals surface area contributed by atoms with Crippen LogP contribution < -0.4 is 9.47 Å². The molecule has 158 valence electrons. The van der Waals surface area contributed by atoms with Gasteiger partial charge < -0.3 is 9.47 Å². The van der Waals surface area contributed by atoms with Crippen LogP contribution in [0.1, 0.15) is 18.9 Å². The van der Waals surface area contributed by atoms with E-state index in [1.165, 1.54) is 16.8 Å². The van der Waals surface area contributed by atoms with Gasteiger partial charge in [-0.25, -0.2) is 0 Å². The normalized spacial score (nSPS) is 16.8. The summed E-state index contributed by atoms with van der Waals surface area (Å²) in [7, 11) is 0. The number of benzene rings is 2. The van der Waals surface area contributed by atoms with Gasteiger partial charge in [0.15, 0.2) is 5.84 Å². The summed E-state index contributed by atoms with van der Waals surface area (Å²) in [6.07, 6.45) is 2.37. The summed E-state index contributed by atoms with van der Waals surface area (Å²) in [5, 5.41) is 15.9. The maximum absolute atomic E-state index is 12.4. The number of nitrogens with zero attached hydrogens (tertiary/aromatic N) is 3. The molecular weight excluding hydrogens is 436 g/mol. The molecule has 0 unspecified atom stereocenters. The molecule has 1 amide bonds. The number of ether oxygens (including phenoxy) is 2. The maximum Gasteiger partial charge on any atom is 0.283 e. The summed E-state index contributed by atoms with van der Waals surface area (Å²) in [4.78, 5) is 16.5. The van der Waals surface area contributed by atoms with Crippen LogP contribution >= 0.6 is 23.4 Å². The van der Waals surface area contributed by atoms with Gasteiger partial charge in [0.1, 0.15) is 29.8 Å². The fourth-order valence-corrected chi connectivity index (χ4v) is 3.89. The zero-order valence-electron chi connectivity index (χ0n) is 16.7. The highest BCUT2D eigenvalue weighted by Crippen LogP contribution is 2.29. The van der Waals surface area contributed by atoms with Crippen LogP contribution in [-0.2, 0) is 4.79 Å². The van der Waals surface area contributed by atoms with Gasteiger partial charge in [-0.15, -0.1) is 0 Å². The molecule has 0 fully saturated rings. The Morgan fingerprint density at radius 2 is 1.87 bits per heavy atom. The van der Waals surface area contributed by atoms with Crippen molar-refractivity contribution in [3.63, 3.8) is 0 Å². The molecule has 9 heteroatoms. The van der Waals surface area contributed by atoms with Crippen molar-refractivity contribution in [2.75, 3.05) is 13.2 Å². The minimum absolute atomic E-state index is 0.0306. The van der Waals surface area contributed by atoms with E-state index in [1.54, 1.807) is 30.3 Å². The van der Waals surface area contributed by atoms with Crippen molar-refractivity contribution in [1.29, 1.82) is 5.41 Å². The van der Waals surface area contributed by atoms with Crippen LogP contribution in [0.3, 0.4) is 0 Å². The molecule has 0 aliphatic carbocycles. The average Bonchev–Trinajstić information content (AvgIpc) is 3.19. The number of carbonyl (C=O) groups is 1. The van der Waals surface area contributed by atoms with Gasteiger partial charge in [-0.2, -0.15) is 15.1 Å². The number of para-hydroxylation sites is 1. The lowest BCUT2D eigenvalue weighted by Gasteiger charge is -2.20. The van der Waals surface area contributed by atoms with Crippen molar-refractivity contribution in [3.05, 3.63) is 64.7 Å². The zero-order valence-corrected chi connectivity index (χ0v) is 18.2. The third-order valence-electron chi connectivity index (χ3n) is 4.44. The first-order valence-corrected chi connectivity index (χ1v) is 10.8. The standard InChI is InChI=1S/C22H19ClN4O3S/c1-2-19-26-27-20(24)16(21(28)25-22(27)31-19)13-14-7-9-15(10-8-14)29-11-12-30-18-6-4-3-5-17(18)23/h3-10,13,24H,2,11-12H2,1H3/b16-13-,24-20?. The molecule has 0 radical (unpaired) electrons. The van der Waals surface area contributed by atoms with Crippen LogP contribution in [0.15, 0.2) is 64.2 Å². The van der Waals surface area contributed by atoms with E-state index in [-0.39, 0.29) is 11.4 Å². The molecule has 2 aliphatic heterocycles. The van der Waals surface area contributed by atoms with Crippen LogP contribution in [0, 0.1) is 5.41 Å². The molecule has 2 aromatic rings. The van der Waals surface area contributed by atoms with Gasteiger partial charge in [-0.3, -0.25) is 10.2 Å². The Kier molecular flexibility index (Phi) is 6.39. The highest BCUT2D eigenvalue weighted by atomic mass is 35.5. The monoisotopic (exact) mass is 454 g/mol. The number of thioether (sulfide) groups is 1. The molecule has 0 saturated heterocycles. The number of aliphatic imine (C=N–C) groups is 1. The number of hydrogen-bond donors (Lipinski definition) is 1. The van der Waals surface area contributed by atoms with E-state index in [2.05, 4.69) is 10.1 Å². The second-order valence-electron chi connectivity index (χ2n) is 6.56. The quantitative estimate of drug-likeness (QED) is 0.478. The van der Waals surface area contributed by atoms with Gasteiger partial charge in [0.2, 0.25) is 5.17 Å². The second-order valence-corrected chi connectivity index (χ2v) is 8.01. The SMILES string of the molecule is CCC1=NN2C(=N)/C(=C/c3ccc(OCCOc4ccccc4Cl)cc3)C(=O)N=C2S1. The fourth-order valence-electron chi connectivity index (χ4n) is 2.87. The summed E-state index contributed by atoms with van der Waals surface area (Å²) in [5.74, 6) is 0.881. The Hall–Kier alpha value is -3.10. The van der Waals surface area contributed by atoms with E-state index in [1.807, 2.05) is 31.2 Å². The molecule has 7 nitrogen and oxygen atoms in total. The summed E-state index contributed by atoms with van der Waals surface area (Å²) in [6.45, 7) is 2.69. The Labute approximate surface area is 188 Å². The molecule has 1 N–H and O–H groups in total. The van der Waals surface area contributed by atoms with Gasteiger partial charge in [-0.05, 0) is 54.1 Å². The number of hydrogen-bond acceptors (Lipinski definition) is 6. The van der Waals surface area contributed by atoms with Gasteiger partial charge in [0.25, 0.3) is 5.91 Å². The molecule has 4 rings (SSSR count). The molecule has 0 aromatic heterocycles. The number of amidine groups is 2. The maximum atomic E-state index is 12.4. The number of fused-ring (bicyclic) bond motifs is 1. The number of rotatable bonds is 7. The van der Waals surface area contributed by atoms with E-state index in [0.29, 0.717) is 34.9 Å². The molecule has 0 bridgehead atoms. The lowest BCUT2D eigenvalue weighted by atomic mass is 10.1.